The van der Waals surface area contributed by atoms with Crippen LogP contribution in [0.15, 0.2) is 50.5 Å². The highest BCUT2D eigenvalue weighted by molar-refractivity contribution is 9.11. The van der Waals surface area contributed by atoms with Gasteiger partial charge in [-0.15, -0.1) is 11.3 Å². The van der Waals surface area contributed by atoms with Crippen molar-refractivity contribution in [2.45, 2.75) is 10.6 Å². The van der Waals surface area contributed by atoms with Crippen LogP contribution in [0.1, 0.15) is 8.30 Å². The summed E-state index contributed by atoms with van der Waals surface area (Å²) in [4.78, 5) is 14.6. The molecule has 3 aromatic rings. The van der Waals surface area contributed by atoms with Gasteiger partial charge in [0.2, 0.25) is 0 Å². The SMILES string of the molecule is [2H]c1cc2[nH]cc(C[C@@H](CS(=O)(=O)c3ccc(Br)s3)C(=O)O)c2cc1[2H]. The van der Waals surface area contributed by atoms with E-state index in [1.165, 1.54) is 18.2 Å². The molecule has 3 rings (SSSR count). The van der Waals surface area contributed by atoms with Gasteiger partial charge in [0.25, 0.3) is 0 Å². The standard InChI is InChI=1S/C16H14BrNO4S2/c17-14-5-6-15(23-14)24(21,22)9-11(16(19)20)7-10-8-18-13-4-2-1-3-12(10)13/h1-6,8,11,18H,7,9H2,(H,19,20)/t11-/m0/s1/i1D,2D. The molecule has 5 nitrogen and oxygen atoms in total. The molecule has 1 aromatic carbocycles. The van der Waals surface area contributed by atoms with Crippen LogP contribution < -0.4 is 0 Å². The van der Waals surface area contributed by atoms with E-state index in [2.05, 4.69) is 20.9 Å². The largest absolute Gasteiger partial charge is 0.481 e. The van der Waals surface area contributed by atoms with Gasteiger partial charge in [-0.2, -0.15) is 0 Å². The molecule has 0 spiro atoms. The van der Waals surface area contributed by atoms with Crippen molar-refractivity contribution in [1.29, 1.82) is 0 Å². The highest BCUT2D eigenvalue weighted by Crippen LogP contribution is 2.29. The van der Waals surface area contributed by atoms with Crippen molar-refractivity contribution in [2.75, 3.05) is 5.75 Å². The Morgan fingerprint density at radius 1 is 1.33 bits per heavy atom. The van der Waals surface area contributed by atoms with Crippen LogP contribution in [0.4, 0.5) is 0 Å². The molecule has 2 aromatic heterocycles. The number of nitrogens with one attached hydrogen (secondary N) is 1. The third-order valence-corrected chi connectivity index (χ3v) is 7.67. The van der Waals surface area contributed by atoms with Crippen LogP contribution in [-0.2, 0) is 21.1 Å². The summed E-state index contributed by atoms with van der Waals surface area (Å²) in [6.45, 7) is 0. The minimum atomic E-state index is -3.72. The molecule has 0 bridgehead atoms. The molecule has 0 aliphatic heterocycles. The maximum Gasteiger partial charge on any atom is 0.307 e. The fourth-order valence-electron chi connectivity index (χ4n) is 2.47. The molecule has 0 unspecified atom stereocenters. The lowest BCUT2D eigenvalue weighted by Crippen LogP contribution is -2.25. The van der Waals surface area contributed by atoms with Crippen LogP contribution >= 0.6 is 27.3 Å². The zero-order valence-electron chi connectivity index (χ0n) is 14.2. The van der Waals surface area contributed by atoms with Crippen molar-refractivity contribution in [2.24, 2.45) is 5.92 Å². The van der Waals surface area contributed by atoms with E-state index in [1.807, 2.05) is 0 Å². The number of carboxylic acid groups (broad SMARTS) is 1. The van der Waals surface area contributed by atoms with Crippen molar-refractivity contribution in [3.63, 3.8) is 0 Å². The normalized spacial score (nSPS) is 14.4. The second kappa shape index (κ2) is 6.70. The summed E-state index contributed by atoms with van der Waals surface area (Å²) in [5.74, 6) is -2.82. The highest BCUT2D eigenvalue weighted by atomic mass is 79.9. The first-order valence-electron chi connectivity index (χ1n) is 7.95. The monoisotopic (exact) mass is 429 g/mol. The second-order valence-electron chi connectivity index (χ2n) is 5.30. The van der Waals surface area contributed by atoms with Gasteiger partial charge in [-0.05, 0) is 46.1 Å². The summed E-state index contributed by atoms with van der Waals surface area (Å²) in [6, 6.07) is 6.15. The molecule has 1 atom stereocenters. The summed E-state index contributed by atoms with van der Waals surface area (Å²) in [5.41, 5.74) is 1.23. The van der Waals surface area contributed by atoms with Crippen LogP contribution in [0.3, 0.4) is 0 Å². The zero-order valence-corrected chi connectivity index (χ0v) is 15.5. The van der Waals surface area contributed by atoms with E-state index in [0.29, 0.717) is 20.3 Å². The molecule has 0 saturated carbocycles. The topological polar surface area (TPSA) is 87.2 Å². The number of thiophene rings is 1. The minimum absolute atomic E-state index is 0.0118. The number of para-hydroxylation sites is 1. The molecule has 0 saturated heterocycles. The van der Waals surface area contributed by atoms with Gasteiger partial charge >= 0.3 is 5.97 Å². The molecule has 0 amide bonds. The van der Waals surface area contributed by atoms with Crippen molar-refractivity contribution in [1.82, 2.24) is 4.98 Å². The second-order valence-corrected chi connectivity index (χ2v) is 10.0. The van der Waals surface area contributed by atoms with Gasteiger partial charge in [-0.1, -0.05) is 18.2 Å². The van der Waals surface area contributed by atoms with E-state index in [0.717, 1.165) is 11.3 Å². The Bertz CT molecular complexity index is 1090. The number of carboxylic acids is 1. The molecule has 0 fully saturated rings. The number of halogens is 1. The van der Waals surface area contributed by atoms with Crippen LogP contribution in [0, 0.1) is 5.92 Å². The van der Waals surface area contributed by atoms with Gasteiger partial charge in [-0.25, -0.2) is 8.42 Å². The van der Waals surface area contributed by atoms with Gasteiger partial charge in [0.1, 0.15) is 4.21 Å². The predicted octanol–water partition coefficient (Wildman–Crippen LogP) is 3.71. The average Bonchev–Trinajstić information content (AvgIpc) is 3.15. The van der Waals surface area contributed by atoms with Gasteiger partial charge in [-0.3, -0.25) is 4.79 Å². The molecular weight excluding hydrogens is 414 g/mol. The van der Waals surface area contributed by atoms with Gasteiger partial charge < -0.3 is 10.1 Å². The van der Waals surface area contributed by atoms with E-state index in [9.17, 15) is 18.3 Å². The number of aliphatic carboxylic acids is 1. The maximum atomic E-state index is 12.5. The molecule has 126 valence electrons. The quantitative estimate of drug-likeness (QED) is 0.624. The summed E-state index contributed by atoms with van der Waals surface area (Å²) >= 11 is 4.26. The Morgan fingerprint density at radius 2 is 2.08 bits per heavy atom. The van der Waals surface area contributed by atoms with Gasteiger partial charge in [0.15, 0.2) is 9.84 Å². The number of fused-ring (bicyclic) bond motifs is 1. The first kappa shape index (κ1) is 14.7. The number of H-pyrrole nitrogens is 1. The summed E-state index contributed by atoms with van der Waals surface area (Å²) in [6.07, 6.45) is 1.62. The predicted molar refractivity (Wildman–Crippen MR) is 97.2 cm³/mol. The molecule has 24 heavy (non-hydrogen) atoms. The zero-order chi connectivity index (χ0) is 19.1. The summed E-state index contributed by atoms with van der Waals surface area (Å²) in [5, 5.41) is 10.1. The Balaban J connectivity index is 1.90. The summed E-state index contributed by atoms with van der Waals surface area (Å²) in [7, 11) is -3.72. The number of hydrogen-bond donors (Lipinski definition) is 2. The smallest absolute Gasteiger partial charge is 0.307 e. The van der Waals surface area contributed by atoms with Gasteiger partial charge in [0, 0.05) is 17.1 Å². The number of rotatable bonds is 6. The Kier molecular flexibility index (Phi) is 4.10. The van der Waals surface area contributed by atoms with E-state index in [1.54, 1.807) is 12.3 Å². The fraction of sp³-hybridized carbons (Fsp3) is 0.188. The fourth-order valence-corrected chi connectivity index (χ4v) is 6.13. The van der Waals surface area contributed by atoms with Crippen LogP contribution in [0.5, 0.6) is 0 Å². The lowest BCUT2D eigenvalue weighted by Gasteiger charge is -2.11. The lowest BCUT2D eigenvalue weighted by atomic mass is 10.0. The summed E-state index contributed by atoms with van der Waals surface area (Å²) < 4.78 is 41.2. The van der Waals surface area contributed by atoms with Crippen molar-refractivity contribution in [3.8, 4) is 0 Å². The van der Waals surface area contributed by atoms with Crippen molar-refractivity contribution in [3.05, 3.63) is 51.9 Å². The number of carbonyl (C=O) groups is 1. The molecular formula is C16H14BrNO4S2. The number of aromatic amines is 1. The molecule has 0 aliphatic carbocycles. The Hall–Kier alpha value is -1.64. The Morgan fingerprint density at radius 3 is 2.75 bits per heavy atom. The van der Waals surface area contributed by atoms with E-state index in [-0.39, 0.29) is 22.7 Å². The molecule has 0 aliphatic rings. The number of hydrogen-bond acceptors (Lipinski definition) is 4. The maximum absolute atomic E-state index is 12.5. The van der Waals surface area contributed by atoms with Crippen molar-refractivity contribution >= 4 is 54.0 Å². The van der Waals surface area contributed by atoms with E-state index >= 15 is 0 Å². The molecule has 0 radical (unpaired) electrons. The van der Waals surface area contributed by atoms with E-state index < -0.39 is 27.5 Å². The Labute approximate surface area is 154 Å². The third-order valence-electron chi connectivity index (χ3n) is 3.65. The third kappa shape index (κ3) is 3.55. The average molecular weight is 430 g/mol. The molecule has 2 heterocycles. The number of aromatic nitrogens is 1. The van der Waals surface area contributed by atoms with Crippen LogP contribution in [-0.4, -0.2) is 30.2 Å². The van der Waals surface area contributed by atoms with Gasteiger partial charge in [0.05, 0.1) is 18.2 Å². The minimum Gasteiger partial charge on any atom is -0.481 e. The first-order chi connectivity index (χ1) is 12.2. The number of benzene rings is 1. The van der Waals surface area contributed by atoms with Crippen LogP contribution in [0.25, 0.3) is 10.9 Å². The molecule has 8 heteroatoms. The lowest BCUT2D eigenvalue weighted by molar-refractivity contribution is -0.140. The number of sulfone groups is 1. The van der Waals surface area contributed by atoms with E-state index in [4.69, 9.17) is 2.74 Å². The van der Waals surface area contributed by atoms with Crippen LogP contribution in [0.2, 0.25) is 0 Å². The first-order valence-corrected chi connectivity index (χ1v) is 10.2. The molecule has 2 N–H and O–H groups in total. The van der Waals surface area contributed by atoms with Crippen molar-refractivity contribution < 1.29 is 21.1 Å². The highest BCUT2D eigenvalue weighted by Gasteiger charge is 2.28.